The largest absolute Gasteiger partial charge is 0.481 e. The van der Waals surface area contributed by atoms with Crippen molar-refractivity contribution < 1.29 is 14.7 Å². The van der Waals surface area contributed by atoms with E-state index in [-0.39, 0.29) is 11.7 Å². The average molecular weight is 282 g/mol. The molecule has 0 aromatic heterocycles. The number of carboxylic acid groups (broad SMARTS) is 1. The molecular formula is C14H16ClNO3. The number of Topliss-reactive ketones (excluding diaryl/α,β-unsaturated/α-hetero) is 1. The van der Waals surface area contributed by atoms with Crippen molar-refractivity contribution in [1.29, 1.82) is 0 Å². The molecule has 5 heteroatoms. The van der Waals surface area contributed by atoms with Crippen LogP contribution >= 0.6 is 11.6 Å². The number of ketones is 1. The van der Waals surface area contributed by atoms with Gasteiger partial charge in [0.25, 0.3) is 0 Å². The molecule has 0 amide bonds. The second kappa shape index (κ2) is 5.31. The fourth-order valence-corrected chi connectivity index (χ4v) is 2.38. The van der Waals surface area contributed by atoms with Gasteiger partial charge >= 0.3 is 5.97 Å². The second-order valence-electron chi connectivity index (χ2n) is 5.20. The minimum Gasteiger partial charge on any atom is -0.481 e. The molecule has 0 radical (unpaired) electrons. The van der Waals surface area contributed by atoms with Crippen LogP contribution in [-0.4, -0.2) is 35.9 Å². The number of aliphatic carboxylic acids is 1. The number of carbonyl (C=O) groups is 2. The van der Waals surface area contributed by atoms with E-state index in [4.69, 9.17) is 16.7 Å². The standard InChI is InChI=1S/C14H16ClNO3/c1-16(2)7-9-4-3-8(5-12(9)15)13(17)10-6-11(10)14(18)19/h3-5,10-11H,6-7H2,1-2H3,(H,18,19)/t10-,11-/m0/s1. The number of carbonyl (C=O) groups excluding carboxylic acids is 1. The molecule has 0 aliphatic heterocycles. The number of carboxylic acids is 1. The number of hydrogen-bond donors (Lipinski definition) is 1. The molecule has 1 aromatic rings. The van der Waals surface area contributed by atoms with Crippen LogP contribution in [0.25, 0.3) is 0 Å². The predicted molar refractivity (Wildman–Crippen MR) is 72.4 cm³/mol. The highest BCUT2D eigenvalue weighted by molar-refractivity contribution is 6.31. The highest BCUT2D eigenvalue weighted by atomic mass is 35.5. The van der Waals surface area contributed by atoms with Gasteiger partial charge in [-0.2, -0.15) is 0 Å². The molecule has 1 N–H and O–H groups in total. The summed E-state index contributed by atoms with van der Waals surface area (Å²) in [6.45, 7) is 0.703. The summed E-state index contributed by atoms with van der Waals surface area (Å²) in [5, 5.41) is 9.38. The Balaban J connectivity index is 2.12. The van der Waals surface area contributed by atoms with Gasteiger partial charge in [-0.25, -0.2) is 0 Å². The molecule has 4 nitrogen and oxygen atoms in total. The first-order valence-electron chi connectivity index (χ1n) is 6.10. The summed E-state index contributed by atoms with van der Waals surface area (Å²) in [7, 11) is 3.88. The monoisotopic (exact) mass is 281 g/mol. The van der Waals surface area contributed by atoms with Crippen molar-refractivity contribution in [2.45, 2.75) is 13.0 Å². The van der Waals surface area contributed by atoms with E-state index in [9.17, 15) is 9.59 Å². The fraction of sp³-hybridized carbons (Fsp3) is 0.429. The number of hydrogen-bond acceptors (Lipinski definition) is 3. The Labute approximate surface area is 117 Å². The Morgan fingerprint density at radius 2 is 2.05 bits per heavy atom. The molecule has 2 rings (SSSR count). The van der Waals surface area contributed by atoms with Crippen LogP contribution in [0.3, 0.4) is 0 Å². The third-order valence-corrected chi connectivity index (χ3v) is 3.62. The van der Waals surface area contributed by atoms with E-state index in [1.54, 1.807) is 12.1 Å². The smallest absolute Gasteiger partial charge is 0.307 e. The molecule has 1 aliphatic carbocycles. The summed E-state index contributed by atoms with van der Waals surface area (Å²) in [6, 6.07) is 5.19. The predicted octanol–water partition coefficient (Wildman–Crippen LogP) is 2.30. The normalized spacial score (nSPS) is 21.5. The molecule has 1 fully saturated rings. The van der Waals surface area contributed by atoms with E-state index in [2.05, 4.69) is 0 Å². The lowest BCUT2D eigenvalue weighted by molar-refractivity contribution is -0.138. The molecule has 0 saturated heterocycles. The van der Waals surface area contributed by atoms with Crippen molar-refractivity contribution in [1.82, 2.24) is 4.90 Å². The van der Waals surface area contributed by atoms with Gasteiger partial charge in [-0.1, -0.05) is 23.7 Å². The summed E-state index contributed by atoms with van der Waals surface area (Å²) >= 11 is 6.15. The molecule has 0 spiro atoms. The second-order valence-corrected chi connectivity index (χ2v) is 5.60. The number of halogens is 1. The van der Waals surface area contributed by atoms with E-state index in [0.29, 0.717) is 23.6 Å². The van der Waals surface area contributed by atoms with Crippen molar-refractivity contribution in [3.8, 4) is 0 Å². The van der Waals surface area contributed by atoms with Crippen molar-refractivity contribution in [3.63, 3.8) is 0 Å². The molecular weight excluding hydrogens is 266 g/mol. The first-order valence-corrected chi connectivity index (χ1v) is 6.48. The lowest BCUT2D eigenvalue weighted by Gasteiger charge is -2.12. The maximum atomic E-state index is 12.1. The number of rotatable bonds is 5. The van der Waals surface area contributed by atoms with Crippen molar-refractivity contribution in [2.75, 3.05) is 14.1 Å². The van der Waals surface area contributed by atoms with Crippen LogP contribution in [0.15, 0.2) is 18.2 Å². The summed E-state index contributed by atoms with van der Waals surface area (Å²) < 4.78 is 0. The van der Waals surface area contributed by atoms with Crippen molar-refractivity contribution >= 4 is 23.4 Å². The van der Waals surface area contributed by atoms with Crippen LogP contribution in [0, 0.1) is 11.8 Å². The minimum atomic E-state index is -0.895. The summed E-state index contributed by atoms with van der Waals surface area (Å²) in [6.07, 6.45) is 0.436. The average Bonchev–Trinajstić information content (AvgIpc) is 3.10. The lowest BCUT2D eigenvalue weighted by atomic mass is 10.0. The Hall–Kier alpha value is -1.39. The molecule has 1 saturated carbocycles. The van der Waals surface area contributed by atoms with Crippen LogP contribution in [0.4, 0.5) is 0 Å². The van der Waals surface area contributed by atoms with E-state index < -0.39 is 11.9 Å². The van der Waals surface area contributed by atoms with Gasteiger partial charge in [-0.3, -0.25) is 9.59 Å². The Bertz CT molecular complexity index is 527. The zero-order chi connectivity index (χ0) is 14.2. The summed E-state index contributed by atoms with van der Waals surface area (Å²) in [5.41, 5.74) is 1.45. The molecule has 2 atom stereocenters. The zero-order valence-corrected chi connectivity index (χ0v) is 11.6. The highest BCUT2D eigenvalue weighted by Crippen LogP contribution is 2.41. The van der Waals surface area contributed by atoms with E-state index >= 15 is 0 Å². The fourth-order valence-electron chi connectivity index (χ4n) is 2.14. The van der Waals surface area contributed by atoms with Crippen molar-refractivity contribution in [3.05, 3.63) is 34.3 Å². The summed E-state index contributed by atoms with van der Waals surface area (Å²) in [4.78, 5) is 24.8. The van der Waals surface area contributed by atoms with E-state index in [1.807, 2.05) is 25.1 Å². The molecule has 1 aliphatic rings. The van der Waals surface area contributed by atoms with Crippen LogP contribution in [0.2, 0.25) is 5.02 Å². The summed E-state index contributed by atoms with van der Waals surface area (Å²) in [5.74, 6) is -1.92. The van der Waals surface area contributed by atoms with Gasteiger partial charge in [-0.05, 0) is 32.1 Å². The van der Waals surface area contributed by atoms with Crippen LogP contribution in [0.1, 0.15) is 22.3 Å². The van der Waals surface area contributed by atoms with Crippen LogP contribution < -0.4 is 0 Å². The van der Waals surface area contributed by atoms with Crippen molar-refractivity contribution in [2.24, 2.45) is 11.8 Å². The maximum absolute atomic E-state index is 12.1. The minimum absolute atomic E-state index is 0.120. The third kappa shape index (κ3) is 3.14. The van der Waals surface area contributed by atoms with Gasteiger partial charge in [0.05, 0.1) is 5.92 Å². The Morgan fingerprint density at radius 3 is 2.53 bits per heavy atom. The van der Waals surface area contributed by atoms with Gasteiger partial charge < -0.3 is 10.0 Å². The first-order chi connectivity index (χ1) is 8.90. The molecule has 0 heterocycles. The highest BCUT2D eigenvalue weighted by Gasteiger charge is 2.48. The van der Waals surface area contributed by atoms with Gasteiger partial charge in [0, 0.05) is 23.0 Å². The molecule has 102 valence electrons. The number of benzene rings is 1. The van der Waals surface area contributed by atoms with Gasteiger partial charge in [0.1, 0.15) is 0 Å². The SMILES string of the molecule is CN(C)Cc1ccc(C(=O)[C@H]2C[C@@H]2C(=O)O)cc1Cl. The lowest BCUT2D eigenvalue weighted by Crippen LogP contribution is -2.12. The third-order valence-electron chi connectivity index (χ3n) is 3.27. The Kier molecular flexibility index (Phi) is 3.92. The molecule has 19 heavy (non-hydrogen) atoms. The molecule has 1 aromatic carbocycles. The van der Waals surface area contributed by atoms with Crippen LogP contribution in [0.5, 0.6) is 0 Å². The van der Waals surface area contributed by atoms with Gasteiger partial charge in [-0.15, -0.1) is 0 Å². The van der Waals surface area contributed by atoms with E-state index in [0.717, 1.165) is 5.56 Å². The zero-order valence-electron chi connectivity index (χ0n) is 10.9. The first kappa shape index (κ1) is 14.0. The van der Waals surface area contributed by atoms with Crippen LogP contribution in [-0.2, 0) is 11.3 Å². The maximum Gasteiger partial charge on any atom is 0.307 e. The van der Waals surface area contributed by atoms with Gasteiger partial charge in [0.15, 0.2) is 5.78 Å². The topological polar surface area (TPSA) is 57.6 Å². The molecule has 0 unspecified atom stereocenters. The quantitative estimate of drug-likeness (QED) is 0.842. The number of nitrogens with zero attached hydrogens (tertiary/aromatic N) is 1. The van der Waals surface area contributed by atoms with Gasteiger partial charge in [0.2, 0.25) is 0 Å². The van der Waals surface area contributed by atoms with E-state index in [1.165, 1.54) is 0 Å². The molecule has 0 bridgehead atoms. The Morgan fingerprint density at radius 1 is 1.37 bits per heavy atom.